The molecule has 0 bridgehead atoms. The van der Waals surface area contributed by atoms with E-state index in [9.17, 15) is 4.80 Å². The van der Waals surface area contributed by atoms with Crippen LogP contribution in [0.25, 0.3) is 0 Å². The molecule has 2 atom stereocenters. The molecule has 3 heterocycles. The highest BCUT2D eigenvalue weighted by atomic mass is 28.4. The third-order valence-electron chi connectivity index (χ3n) is 4.70. The van der Waals surface area contributed by atoms with Crippen molar-refractivity contribution in [3.8, 4) is 0 Å². The molecule has 0 aromatic carbocycles. The fourth-order valence-electron chi connectivity index (χ4n) is 3.00. The number of hydrogen-bond acceptors (Lipinski definition) is 2. The lowest BCUT2D eigenvalue weighted by Gasteiger charge is -2.57. The molecular weight excluding hydrogens is 196 g/mol. The maximum atomic E-state index is 9.98. The molecule has 0 radical (unpaired) electrons. The predicted molar refractivity (Wildman–Crippen MR) is 56.5 cm³/mol. The zero-order valence-electron chi connectivity index (χ0n) is 8.47. The van der Waals surface area contributed by atoms with E-state index in [0.717, 1.165) is 11.6 Å². The van der Waals surface area contributed by atoms with Gasteiger partial charge in [0.25, 0.3) is 0 Å². The minimum atomic E-state index is -1.89. The summed E-state index contributed by atoms with van der Waals surface area (Å²) in [6.45, 7) is 4.19. The average molecular weight is 214 g/mol. The number of fused-ring (bicyclic) bond motifs is 1. The molecular formula is C9H18O2Si2. The highest BCUT2D eigenvalue weighted by Crippen LogP contribution is 2.63. The molecule has 2 unspecified atom stereocenters. The third kappa shape index (κ3) is 0.949. The molecule has 3 aliphatic heterocycles. The Balaban J connectivity index is 1.71. The minimum Gasteiger partial charge on any atom is -0.429 e. The fraction of sp³-hybridized carbons (Fsp3) is 1.00. The van der Waals surface area contributed by atoms with Crippen LogP contribution in [-0.2, 0) is 4.43 Å². The summed E-state index contributed by atoms with van der Waals surface area (Å²) in [4.78, 5) is 9.98. The van der Waals surface area contributed by atoms with Gasteiger partial charge >= 0.3 is 0 Å². The van der Waals surface area contributed by atoms with Crippen LogP contribution in [0.3, 0.4) is 0 Å². The van der Waals surface area contributed by atoms with Crippen LogP contribution in [0.4, 0.5) is 0 Å². The van der Waals surface area contributed by atoms with E-state index in [0.29, 0.717) is 0 Å². The SMILES string of the molecule is CC1(O[Si]23CCC2CC3)C[Si]1(C)O. The first-order chi connectivity index (χ1) is 5.98. The molecule has 3 rings (SSSR count). The van der Waals surface area contributed by atoms with Gasteiger partial charge in [0.05, 0.1) is 5.22 Å². The van der Waals surface area contributed by atoms with Gasteiger partial charge in [-0.3, -0.25) is 0 Å². The summed E-state index contributed by atoms with van der Waals surface area (Å²) in [6, 6.07) is 3.76. The summed E-state index contributed by atoms with van der Waals surface area (Å²) < 4.78 is 6.34. The van der Waals surface area contributed by atoms with Crippen LogP contribution in [0.2, 0.25) is 30.2 Å². The largest absolute Gasteiger partial charge is 0.429 e. The molecule has 3 fully saturated rings. The van der Waals surface area contributed by atoms with Gasteiger partial charge in [-0.25, -0.2) is 0 Å². The lowest BCUT2D eigenvalue weighted by Crippen LogP contribution is -2.60. The quantitative estimate of drug-likeness (QED) is 0.713. The number of rotatable bonds is 2. The Morgan fingerprint density at radius 1 is 1.38 bits per heavy atom. The van der Waals surface area contributed by atoms with Crippen LogP contribution in [0.5, 0.6) is 0 Å². The Morgan fingerprint density at radius 3 is 2.15 bits per heavy atom. The van der Waals surface area contributed by atoms with E-state index in [1.54, 1.807) is 0 Å². The summed E-state index contributed by atoms with van der Waals surface area (Å²) >= 11 is 0. The lowest BCUT2D eigenvalue weighted by atomic mass is 10.2. The van der Waals surface area contributed by atoms with Crippen LogP contribution in [0.15, 0.2) is 0 Å². The Morgan fingerprint density at radius 2 is 1.92 bits per heavy atom. The van der Waals surface area contributed by atoms with Gasteiger partial charge in [-0.15, -0.1) is 0 Å². The first kappa shape index (κ1) is 8.65. The summed E-state index contributed by atoms with van der Waals surface area (Å²) in [5.41, 5.74) is 0.981. The second-order valence-electron chi connectivity index (χ2n) is 5.62. The number of hydrogen-bond donors (Lipinski definition) is 1. The van der Waals surface area contributed by atoms with Crippen molar-refractivity contribution in [2.45, 2.75) is 55.2 Å². The Kier molecular flexibility index (Phi) is 1.42. The van der Waals surface area contributed by atoms with Crippen molar-refractivity contribution in [2.75, 3.05) is 0 Å². The monoisotopic (exact) mass is 214 g/mol. The molecule has 3 aliphatic rings. The van der Waals surface area contributed by atoms with Crippen molar-refractivity contribution in [1.29, 1.82) is 0 Å². The van der Waals surface area contributed by atoms with Crippen molar-refractivity contribution in [1.82, 2.24) is 0 Å². The van der Waals surface area contributed by atoms with Crippen molar-refractivity contribution >= 4 is 16.6 Å². The van der Waals surface area contributed by atoms with E-state index in [1.165, 1.54) is 24.9 Å². The molecule has 1 N–H and O–H groups in total. The van der Waals surface area contributed by atoms with Crippen molar-refractivity contribution < 1.29 is 9.22 Å². The van der Waals surface area contributed by atoms with Gasteiger partial charge in [-0.1, -0.05) is 12.8 Å². The normalized spacial score (nSPS) is 63.5. The van der Waals surface area contributed by atoms with Crippen LogP contribution < -0.4 is 0 Å². The maximum Gasteiger partial charge on any atom is 0.217 e. The smallest absolute Gasteiger partial charge is 0.217 e. The Hall–Kier alpha value is 0.354. The molecule has 0 spiro atoms. The van der Waals surface area contributed by atoms with Gasteiger partial charge in [-0.2, -0.15) is 0 Å². The highest BCUT2D eigenvalue weighted by Gasteiger charge is 2.70. The molecule has 0 saturated carbocycles. The molecule has 74 valence electrons. The molecule has 0 aromatic heterocycles. The molecule has 0 aromatic rings. The van der Waals surface area contributed by atoms with Gasteiger partial charge < -0.3 is 9.22 Å². The highest BCUT2D eigenvalue weighted by molar-refractivity contribution is 6.88. The molecule has 0 aliphatic carbocycles. The zero-order valence-corrected chi connectivity index (χ0v) is 10.5. The predicted octanol–water partition coefficient (Wildman–Crippen LogP) is 2.01. The molecule has 13 heavy (non-hydrogen) atoms. The van der Waals surface area contributed by atoms with Gasteiger partial charge in [0.15, 0.2) is 8.32 Å². The lowest BCUT2D eigenvalue weighted by molar-refractivity contribution is 0.169. The zero-order chi connectivity index (χ0) is 9.32. The van der Waals surface area contributed by atoms with Crippen LogP contribution in [-0.4, -0.2) is 26.7 Å². The van der Waals surface area contributed by atoms with Crippen molar-refractivity contribution in [3.63, 3.8) is 0 Å². The van der Waals surface area contributed by atoms with E-state index in [2.05, 4.69) is 6.92 Å². The van der Waals surface area contributed by atoms with Crippen LogP contribution in [0.1, 0.15) is 19.8 Å². The van der Waals surface area contributed by atoms with E-state index < -0.39 is 16.6 Å². The van der Waals surface area contributed by atoms with Crippen molar-refractivity contribution in [2.24, 2.45) is 0 Å². The molecule has 2 nitrogen and oxygen atoms in total. The first-order valence-corrected chi connectivity index (χ1v) is 10.5. The summed E-state index contributed by atoms with van der Waals surface area (Å²) in [5, 5.41) is -0.0295. The fourth-order valence-corrected chi connectivity index (χ4v) is 11.0. The van der Waals surface area contributed by atoms with Gasteiger partial charge in [-0.05, 0) is 37.1 Å². The third-order valence-corrected chi connectivity index (χ3v) is 13.6. The van der Waals surface area contributed by atoms with E-state index in [-0.39, 0.29) is 5.22 Å². The van der Waals surface area contributed by atoms with E-state index >= 15 is 0 Å². The summed E-state index contributed by atoms with van der Waals surface area (Å²) in [7, 11) is -3.10. The second-order valence-corrected chi connectivity index (χ2v) is 13.7. The standard InChI is InChI=1S/C9H18O2Si2/c1-9(7-12(9,2)10)11-13-5-3-8(13)4-6-13/h8,10H,3-7H2,1-2H3. The van der Waals surface area contributed by atoms with Crippen molar-refractivity contribution in [3.05, 3.63) is 0 Å². The summed E-state index contributed by atoms with van der Waals surface area (Å²) in [6.07, 6.45) is 2.85. The van der Waals surface area contributed by atoms with E-state index in [1.807, 2.05) is 6.55 Å². The Labute approximate surface area is 81.6 Å². The first-order valence-electron chi connectivity index (χ1n) is 5.40. The van der Waals surface area contributed by atoms with Crippen LogP contribution >= 0.6 is 0 Å². The minimum absolute atomic E-state index is 0.0295. The summed E-state index contributed by atoms with van der Waals surface area (Å²) in [5.74, 6) is 0. The topological polar surface area (TPSA) is 29.5 Å². The molecule has 3 saturated heterocycles. The van der Waals surface area contributed by atoms with Gasteiger partial charge in [0, 0.05) is 0 Å². The second kappa shape index (κ2) is 2.13. The van der Waals surface area contributed by atoms with Gasteiger partial charge in [0.1, 0.15) is 0 Å². The average Bonchev–Trinajstić information content (AvgIpc) is 2.48. The molecule has 0 amide bonds. The maximum absolute atomic E-state index is 9.98. The Bertz CT molecular complexity index is 258. The molecule has 4 heteroatoms. The van der Waals surface area contributed by atoms with E-state index in [4.69, 9.17) is 4.43 Å². The van der Waals surface area contributed by atoms with Gasteiger partial charge in [0.2, 0.25) is 8.32 Å². The van der Waals surface area contributed by atoms with Crippen LogP contribution in [0, 0.1) is 0 Å².